The van der Waals surface area contributed by atoms with Crippen molar-refractivity contribution in [3.63, 3.8) is 0 Å². The molecule has 0 aliphatic rings. The van der Waals surface area contributed by atoms with E-state index in [2.05, 4.69) is 67.5 Å². The second-order valence-electron chi connectivity index (χ2n) is 15.5. The number of carboxylic acids is 1. The number of nitrogens with one attached hydrogen (secondary N) is 8. The number of hydrogen-bond donors (Lipinski definition) is 20. The number of carbonyl (C=O) groups excluding carboxylic acids is 8. The highest BCUT2D eigenvalue weighted by Crippen LogP contribution is 2.07. The number of guanidine groups is 5. The fourth-order valence-corrected chi connectivity index (χ4v) is 5.84. The van der Waals surface area contributed by atoms with E-state index in [0.29, 0.717) is 6.42 Å². The highest BCUT2D eigenvalue weighted by Gasteiger charge is 2.30. The van der Waals surface area contributed by atoms with Gasteiger partial charge in [-0.1, -0.05) is 0 Å². The largest absolute Gasteiger partial charge is 0.480 e. The smallest absolute Gasteiger partial charge is 0.326 e. The van der Waals surface area contributed by atoms with Gasteiger partial charge in [-0.05, 0) is 64.2 Å². The highest BCUT2D eigenvalue weighted by molar-refractivity contribution is 5.96. The summed E-state index contributed by atoms with van der Waals surface area (Å²) >= 11 is 0. The molecule has 406 valence electrons. The van der Waals surface area contributed by atoms with Gasteiger partial charge in [0, 0.05) is 32.7 Å². The molecule has 0 heterocycles. The first kappa shape index (κ1) is 63.5. The second kappa shape index (κ2) is 36.5. The third kappa shape index (κ3) is 33.1. The number of carbonyl (C=O) groups is 9. The van der Waals surface area contributed by atoms with Crippen LogP contribution in [0.15, 0.2) is 25.0 Å². The zero-order chi connectivity index (χ0) is 54.6. The molecule has 0 fully saturated rings. The molecule has 0 unspecified atom stereocenters. The van der Waals surface area contributed by atoms with Gasteiger partial charge in [0.15, 0.2) is 29.8 Å². The molecule has 0 spiro atoms. The normalized spacial score (nSPS) is 12.5. The van der Waals surface area contributed by atoms with E-state index in [1.165, 1.54) is 0 Å². The lowest BCUT2D eigenvalue weighted by Gasteiger charge is -2.25. The SMILES string of the molecule is NC(N)=NCCC[C@H](NC(=O)[C@H](CCCN=C(N)N)NC(=O)[C@H](CCCN=C(N)N)NC(=O)CNC(=O)[C@H](CCCN=C(N)N)NC(=O)CNC(=O)CNC(=O)CNC(=O)[C@@H](N)CCCN=C(N)N)C(=O)O. The Morgan fingerprint density at radius 2 is 0.625 bits per heavy atom. The molecule has 31 N–H and O–H groups in total. The minimum Gasteiger partial charge on any atom is -0.480 e. The molecule has 0 aromatic rings. The van der Waals surface area contributed by atoms with Gasteiger partial charge in [0.1, 0.15) is 24.2 Å². The molecule has 5 atom stereocenters. The molecule has 0 saturated carbocycles. The van der Waals surface area contributed by atoms with Gasteiger partial charge in [0.05, 0.1) is 32.2 Å². The van der Waals surface area contributed by atoms with Crippen LogP contribution >= 0.6 is 0 Å². The summed E-state index contributed by atoms with van der Waals surface area (Å²) in [5, 5.41) is 28.8. The Labute approximate surface area is 414 Å². The molecule has 0 bridgehead atoms. The van der Waals surface area contributed by atoms with Crippen LogP contribution in [0.5, 0.6) is 0 Å². The summed E-state index contributed by atoms with van der Waals surface area (Å²) in [6.45, 7) is -2.03. The van der Waals surface area contributed by atoms with Crippen molar-refractivity contribution in [2.75, 3.05) is 58.9 Å². The Hall–Kier alpha value is -8.46. The van der Waals surface area contributed by atoms with E-state index >= 15 is 0 Å². The topological polar surface area (TPSA) is 618 Å². The van der Waals surface area contributed by atoms with E-state index in [-0.39, 0.29) is 120 Å². The standard InChI is InChI=1S/C38H74N24O10/c39-20(6-1-11-50-34(40)41)29(67)57-17-26(64)55-16-25(63)56-18-27(65)59-21(7-2-12-51-35(42)43)30(68)58-19-28(66)60-22(8-3-13-52-36(44)45)31(69)61-23(9-4-14-53-37(46)47)32(70)62-24(33(71)72)10-5-15-54-38(48)49/h20-24H,1-19,39H2,(H,55,64)(H,56,63)(H,57,67)(H,58,68)(H,59,65)(H,60,66)(H,61,69)(H,62,70)(H,71,72)(H4,40,41,50)(H4,42,43,51)(H4,44,45,52)(H4,46,47,53)(H4,48,49,54)/t20-,21-,22-,23-,24-/m0/s1. The number of aliphatic carboxylic acids is 1. The van der Waals surface area contributed by atoms with Crippen molar-refractivity contribution in [2.24, 2.45) is 88.0 Å². The Balaban J connectivity index is 5.82. The lowest BCUT2D eigenvalue weighted by Crippen LogP contribution is -2.57. The van der Waals surface area contributed by atoms with Crippen molar-refractivity contribution in [3.8, 4) is 0 Å². The van der Waals surface area contributed by atoms with Gasteiger partial charge in [-0.3, -0.25) is 63.3 Å². The maximum absolute atomic E-state index is 13.8. The third-order valence-corrected chi connectivity index (χ3v) is 9.38. The zero-order valence-corrected chi connectivity index (χ0v) is 40.0. The van der Waals surface area contributed by atoms with Gasteiger partial charge >= 0.3 is 5.97 Å². The molecule has 72 heavy (non-hydrogen) atoms. The summed E-state index contributed by atoms with van der Waals surface area (Å²) < 4.78 is 0. The molecular formula is C38H74N24O10. The van der Waals surface area contributed by atoms with Crippen LogP contribution in [0.1, 0.15) is 64.2 Å². The molecule has 0 radical (unpaired) electrons. The fourth-order valence-electron chi connectivity index (χ4n) is 5.84. The molecule has 34 nitrogen and oxygen atoms in total. The van der Waals surface area contributed by atoms with Gasteiger partial charge in [0.2, 0.25) is 47.3 Å². The van der Waals surface area contributed by atoms with Crippen LogP contribution in [0.25, 0.3) is 0 Å². The van der Waals surface area contributed by atoms with Gasteiger partial charge in [-0.15, -0.1) is 0 Å². The lowest BCUT2D eigenvalue weighted by molar-refractivity contribution is -0.142. The molecule has 0 rings (SSSR count). The number of hydrogen-bond acceptors (Lipinski definition) is 15. The molecule has 0 aromatic carbocycles. The quantitative estimate of drug-likeness (QED) is 0.0156. The van der Waals surface area contributed by atoms with Gasteiger partial charge in [0.25, 0.3) is 0 Å². The number of nitrogens with zero attached hydrogens (tertiary/aromatic N) is 5. The molecule has 0 aliphatic heterocycles. The van der Waals surface area contributed by atoms with Crippen LogP contribution < -0.4 is 106 Å². The van der Waals surface area contributed by atoms with E-state index in [1.54, 1.807) is 0 Å². The van der Waals surface area contributed by atoms with Gasteiger partial charge in [-0.25, -0.2) is 4.79 Å². The molecular weight excluding hydrogens is 953 g/mol. The number of rotatable bonds is 37. The Morgan fingerprint density at radius 1 is 0.347 bits per heavy atom. The molecule has 8 amide bonds. The lowest BCUT2D eigenvalue weighted by atomic mass is 10.1. The summed E-state index contributed by atoms with van der Waals surface area (Å²) in [5.41, 5.74) is 59.3. The maximum atomic E-state index is 13.8. The van der Waals surface area contributed by atoms with E-state index in [0.717, 1.165) is 0 Å². The maximum Gasteiger partial charge on any atom is 0.326 e. The molecule has 0 aliphatic carbocycles. The Kier molecular flexibility index (Phi) is 32.2. The predicted molar refractivity (Wildman–Crippen MR) is 265 cm³/mol. The van der Waals surface area contributed by atoms with Crippen molar-refractivity contribution in [1.82, 2.24) is 42.5 Å². The van der Waals surface area contributed by atoms with Crippen LogP contribution in [0.2, 0.25) is 0 Å². The zero-order valence-electron chi connectivity index (χ0n) is 40.0. The Bertz CT molecular complexity index is 1940. The summed E-state index contributed by atoms with van der Waals surface area (Å²) in [5.74, 6) is -8.93. The van der Waals surface area contributed by atoms with Crippen molar-refractivity contribution in [1.29, 1.82) is 0 Å². The number of nitrogens with two attached hydrogens (primary N) is 11. The minimum absolute atomic E-state index is 0.0257. The monoisotopic (exact) mass is 1030 g/mol. The van der Waals surface area contributed by atoms with Crippen LogP contribution in [0.4, 0.5) is 0 Å². The third-order valence-electron chi connectivity index (χ3n) is 9.38. The molecule has 0 saturated heterocycles. The molecule has 0 aromatic heterocycles. The average molecular weight is 1030 g/mol. The average Bonchev–Trinajstić information content (AvgIpc) is 3.30. The number of amides is 8. The van der Waals surface area contributed by atoms with E-state index in [9.17, 15) is 48.3 Å². The van der Waals surface area contributed by atoms with E-state index in [1.807, 2.05) is 0 Å². The van der Waals surface area contributed by atoms with E-state index < -0.39 is 110 Å². The van der Waals surface area contributed by atoms with E-state index in [4.69, 9.17) is 63.1 Å². The first-order chi connectivity index (χ1) is 33.9. The van der Waals surface area contributed by atoms with Crippen LogP contribution in [0.3, 0.4) is 0 Å². The predicted octanol–water partition coefficient (Wildman–Crippen LogP) is -10.9. The van der Waals surface area contributed by atoms with Crippen molar-refractivity contribution < 1.29 is 48.3 Å². The molecule has 34 heteroatoms. The van der Waals surface area contributed by atoms with Crippen LogP contribution in [-0.2, 0) is 43.2 Å². The fraction of sp³-hybridized carbons (Fsp3) is 0.632. The van der Waals surface area contributed by atoms with Gasteiger partial charge < -0.3 is 111 Å². The minimum atomic E-state index is -1.40. The number of carboxylic acid groups (broad SMARTS) is 1. The number of aliphatic imine (C=N–C) groups is 5. The second-order valence-corrected chi connectivity index (χ2v) is 15.5. The first-order valence-corrected chi connectivity index (χ1v) is 22.4. The van der Waals surface area contributed by atoms with Gasteiger partial charge in [-0.2, -0.15) is 0 Å². The summed E-state index contributed by atoms with van der Waals surface area (Å²) in [7, 11) is 0. The summed E-state index contributed by atoms with van der Waals surface area (Å²) in [6.07, 6.45) is 0.931. The summed E-state index contributed by atoms with van der Waals surface area (Å²) in [4.78, 5) is 135. The Morgan fingerprint density at radius 3 is 1.00 bits per heavy atom. The summed E-state index contributed by atoms with van der Waals surface area (Å²) in [6, 6.07) is -6.39. The first-order valence-electron chi connectivity index (χ1n) is 22.4. The van der Waals surface area contributed by atoms with Crippen molar-refractivity contribution >= 4 is 83.0 Å². The van der Waals surface area contributed by atoms with Crippen molar-refractivity contribution in [3.05, 3.63) is 0 Å². The highest BCUT2D eigenvalue weighted by atomic mass is 16.4. The van der Waals surface area contributed by atoms with Crippen LogP contribution in [-0.4, -0.2) is 177 Å². The van der Waals surface area contributed by atoms with Crippen LogP contribution in [0, 0.1) is 0 Å². The van der Waals surface area contributed by atoms with Crippen molar-refractivity contribution in [2.45, 2.75) is 94.4 Å².